The fraction of sp³-hybridized carbons (Fsp3) is 0.294. The van der Waals surface area contributed by atoms with Gasteiger partial charge in [0.15, 0.2) is 16.9 Å². The molecule has 2 heterocycles. The minimum absolute atomic E-state index is 0.244. The summed E-state index contributed by atoms with van der Waals surface area (Å²) in [4.78, 5) is 34.1. The Morgan fingerprint density at radius 1 is 1.15 bits per heavy atom. The van der Waals surface area contributed by atoms with Crippen LogP contribution < -0.4 is 0 Å². The van der Waals surface area contributed by atoms with Gasteiger partial charge < -0.3 is 4.90 Å². The van der Waals surface area contributed by atoms with Gasteiger partial charge in [0.2, 0.25) is 5.91 Å². The van der Waals surface area contributed by atoms with Crippen molar-refractivity contribution < 1.29 is 9.59 Å². The highest BCUT2D eigenvalue weighted by Gasteiger charge is 2.28. The molecule has 0 unspecified atom stereocenters. The Labute approximate surface area is 154 Å². The lowest BCUT2D eigenvalue weighted by Crippen LogP contribution is -2.36. The van der Waals surface area contributed by atoms with Crippen LogP contribution in [0.4, 0.5) is 0 Å². The van der Waals surface area contributed by atoms with Gasteiger partial charge in [-0.05, 0) is 26.0 Å². The van der Waals surface area contributed by atoms with Gasteiger partial charge in [-0.2, -0.15) is 4.68 Å². The molecule has 134 valence electrons. The molecule has 0 bridgehead atoms. The first-order valence-corrected chi connectivity index (χ1v) is 8.78. The molecule has 3 aromatic rings. The Balaban J connectivity index is 2.02. The number of fused-ring (bicyclic) bond motifs is 1. The Morgan fingerprint density at radius 2 is 1.85 bits per heavy atom. The molecular formula is C17H18N6O2S. The van der Waals surface area contributed by atoms with Crippen LogP contribution in [0.5, 0.6) is 0 Å². The maximum Gasteiger partial charge on any atom is 0.243 e. The number of aryl methyl sites for hydroxylation is 1. The second kappa shape index (κ2) is 7.20. The fourth-order valence-electron chi connectivity index (χ4n) is 2.33. The van der Waals surface area contributed by atoms with Crippen molar-refractivity contribution in [2.45, 2.75) is 24.1 Å². The van der Waals surface area contributed by atoms with E-state index in [0.717, 1.165) is 23.0 Å². The van der Waals surface area contributed by atoms with Gasteiger partial charge in [-0.1, -0.05) is 34.7 Å². The highest BCUT2D eigenvalue weighted by atomic mass is 32.2. The molecule has 1 atom stereocenters. The van der Waals surface area contributed by atoms with Gasteiger partial charge in [-0.15, -0.1) is 5.10 Å². The molecule has 0 fully saturated rings. The number of aromatic nitrogens is 5. The molecule has 26 heavy (non-hydrogen) atoms. The Morgan fingerprint density at radius 3 is 2.46 bits per heavy atom. The summed E-state index contributed by atoms with van der Waals surface area (Å²) >= 11 is 1.07. The van der Waals surface area contributed by atoms with Gasteiger partial charge in [0.1, 0.15) is 16.6 Å². The number of hydrogen-bond acceptors (Lipinski definition) is 7. The van der Waals surface area contributed by atoms with E-state index in [1.54, 1.807) is 18.8 Å². The van der Waals surface area contributed by atoms with E-state index in [9.17, 15) is 9.59 Å². The van der Waals surface area contributed by atoms with Crippen molar-refractivity contribution in [1.82, 2.24) is 29.9 Å². The number of benzene rings is 1. The van der Waals surface area contributed by atoms with E-state index in [1.165, 1.54) is 18.2 Å². The minimum atomic E-state index is -0.882. The number of carbonyl (C=O) groups is 2. The lowest BCUT2D eigenvalue weighted by Gasteiger charge is -2.17. The average molecular weight is 370 g/mol. The molecule has 0 aliphatic carbocycles. The molecule has 8 nitrogen and oxygen atoms in total. The number of thioether (sulfide) groups is 1. The minimum Gasteiger partial charge on any atom is -0.347 e. The normalized spacial score (nSPS) is 12.2. The summed E-state index contributed by atoms with van der Waals surface area (Å²) in [6.45, 7) is 3.39. The number of Topliss-reactive ketones (excluding diaryl/α,β-unsaturated/α-hetero) is 1. The van der Waals surface area contributed by atoms with Gasteiger partial charge >= 0.3 is 0 Å². The molecule has 9 heteroatoms. The third-order valence-electron chi connectivity index (χ3n) is 3.75. The van der Waals surface area contributed by atoms with Gasteiger partial charge in [0, 0.05) is 14.1 Å². The van der Waals surface area contributed by atoms with Crippen molar-refractivity contribution in [3.05, 3.63) is 36.2 Å². The fourth-order valence-corrected chi connectivity index (χ4v) is 3.38. The molecule has 0 saturated heterocycles. The molecule has 2 aromatic heterocycles. The first kappa shape index (κ1) is 18.0. The zero-order valence-electron chi connectivity index (χ0n) is 14.9. The highest BCUT2D eigenvalue weighted by Crippen LogP contribution is 2.28. The second-order valence-electron chi connectivity index (χ2n) is 6.03. The molecule has 1 amide bonds. The topological polar surface area (TPSA) is 93.9 Å². The molecular weight excluding hydrogens is 352 g/mol. The first-order chi connectivity index (χ1) is 12.4. The standard InChI is InChI=1S/C17H18N6O2S/c1-10-5-7-12(8-6-10)23-15-13(20-21-23)16(19-9-18-15)26-14(11(2)24)17(25)22(3)4/h5-9,14H,1-4H3/t14-/m0/s1. The van der Waals surface area contributed by atoms with Gasteiger partial charge in [0.25, 0.3) is 0 Å². The van der Waals surface area contributed by atoms with Crippen LogP contribution in [0.25, 0.3) is 16.9 Å². The van der Waals surface area contributed by atoms with Crippen LogP contribution >= 0.6 is 11.8 Å². The summed E-state index contributed by atoms with van der Waals surface area (Å²) in [5.74, 6) is -0.536. The molecule has 0 spiro atoms. The van der Waals surface area contributed by atoms with Crippen LogP contribution in [0.3, 0.4) is 0 Å². The van der Waals surface area contributed by atoms with E-state index in [1.807, 2.05) is 31.2 Å². The van der Waals surface area contributed by atoms with Crippen molar-refractivity contribution in [1.29, 1.82) is 0 Å². The number of carbonyl (C=O) groups excluding carboxylic acids is 2. The average Bonchev–Trinajstić information content (AvgIpc) is 3.04. The number of rotatable bonds is 5. The number of hydrogen-bond donors (Lipinski definition) is 0. The van der Waals surface area contributed by atoms with Gasteiger partial charge in [-0.3, -0.25) is 9.59 Å². The summed E-state index contributed by atoms with van der Waals surface area (Å²) in [6.07, 6.45) is 1.38. The molecule has 0 saturated carbocycles. The third kappa shape index (κ3) is 3.43. The van der Waals surface area contributed by atoms with Crippen LogP contribution in [-0.4, -0.2) is 60.9 Å². The highest BCUT2D eigenvalue weighted by molar-refractivity contribution is 8.01. The summed E-state index contributed by atoms with van der Waals surface area (Å²) in [6, 6.07) is 7.79. The number of nitrogens with zero attached hydrogens (tertiary/aromatic N) is 6. The molecule has 0 N–H and O–H groups in total. The van der Waals surface area contributed by atoms with Crippen molar-refractivity contribution in [2.75, 3.05) is 14.1 Å². The predicted octanol–water partition coefficient (Wildman–Crippen LogP) is 1.66. The lowest BCUT2D eigenvalue weighted by atomic mass is 10.2. The summed E-state index contributed by atoms with van der Waals surface area (Å²) in [5, 5.41) is 7.89. The van der Waals surface area contributed by atoms with E-state index < -0.39 is 5.25 Å². The van der Waals surface area contributed by atoms with E-state index in [0.29, 0.717) is 16.2 Å². The monoisotopic (exact) mass is 370 g/mol. The van der Waals surface area contributed by atoms with E-state index in [2.05, 4.69) is 20.3 Å². The summed E-state index contributed by atoms with van der Waals surface area (Å²) in [5.41, 5.74) is 2.93. The Hall–Kier alpha value is -2.81. The van der Waals surface area contributed by atoms with E-state index in [4.69, 9.17) is 0 Å². The Bertz CT molecular complexity index is 967. The maximum atomic E-state index is 12.3. The quantitative estimate of drug-likeness (QED) is 0.383. The molecule has 1 aromatic carbocycles. The third-order valence-corrected chi connectivity index (χ3v) is 5.04. The van der Waals surface area contributed by atoms with Crippen LogP contribution in [0.2, 0.25) is 0 Å². The van der Waals surface area contributed by atoms with Crippen molar-refractivity contribution in [3.63, 3.8) is 0 Å². The second-order valence-corrected chi connectivity index (χ2v) is 7.12. The van der Waals surface area contributed by atoms with Crippen molar-refractivity contribution >= 4 is 34.6 Å². The maximum absolute atomic E-state index is 12.3. The van der Waals surface area contributed by atoms with Gasteiger partial charge in [0.05, 0.1) is 5.69 Å². The van der Waals surface area contributed by atoms with Crippen LogP contribution in [0.15, 0.2) is 35.6 Å². The number of amides is 1. The SMILES string of the molecule is CC(=O)[C@H](Sc1ncnc2c1nnn2-c1ccc(C)cc1)C(=O)N(C)C. The molecule has 3 rings (SSSR count). The summed E-state index contributed by atoms with van der Waals surface area (Å²) in [7, 11) is 3.23. The van der Waals surface area contributed by atoms with Gasteiger partial charge in [-0.25, -0.2) is 9.97 Å². The summed E-state index contributed by atoms with van der Waals surface area (Å²) < 4.78 is 1.61. The number of ketones is 1. The van der Waals surface area contributed by atoms with Crippen LogP contribution in [0, 0.1) is 6.92 Å². The predicted molar refractivity (Wildman–Crippen MR) is 98.2 cm³/mol. The van der Waals surface area contributed by atoms with Crippen LogP contribution in [-0.2, 0) is 9.59 Å². The zero-order valence-corrected chi connectivity index (χ0v) is 15.7. The first-order valence-electron chi connectivity index (χ1n) is 7.90. The van der Waals surface area contributed by atoms with Crippen molar-refractivity contribution in [2.24, 2.45) is 0 Å². The smallest absolute Gasteiger partial charge is 0.243 e. The lowest BCUT2D eigenvalue weighted by molar-refractivity contribution is -0.132. The zero-order chi connectivity index (χ0) is 18.8. The Kier molecular flexibility index (Phi) is 4.99. The molecule has 0 aliphatic heterocycles. The van der Waals surface area contributed by atoms with Crippen molar-refractivity contribution in [3.8, 4) is 5.69 Å². The molecule has 0 radical (unpaired) electrons. The largest absolute Gasteiger partial charge is 0.347 e. The molecule has 0 aliphatic rings. The van der Waals surface area contributed by atoms with E-state index >= 15 is 0 Å². The van der Waals surface area contributed by atoms with E-state index in [-0.39, 0.29) is 11.7 Å². The van der Waals surface area contributed by atoms with Crippen LogP contribution in [0.1, 0.15) is 12.5 Å².